The molecule has 0 aliphatic rings. The molecular weight excluding hydrogens is 336 g/mol. The van der Waals surface area contributed by atoms with Gasteiger partial charge in [-0.1, -0.05) is 28.1 Å². The summed E-state index contributed by atoms with van der Waals surface area (Å²) in [5.74, 6) is 1.14. The minimum Gasteiger partial charge on any atom is -0.259 e. The molecule has 0 saturated carbocycles. The van der Waals surface area contributed by atoms with Gasteiger partial charge >= 0.3 is 0 Å². The molecule has 0 atom stereocenters. The summed E-state index contributed by atoms with van der Waals surface area (Å²) in [6, 6.07) is 13.8. The molecular formula is C14H9BrN4O2. The lowest BCUT2D eigenvalue weighted by molar-refractivity contribution is -0.384. The van der Waals surface area contributed by atoms with Crippen LogP contribution in [0, 0.1) is 10.1 Å². The number of nitro groups is 1. The fourth-order valence-corrected chi connectivity index (χ4v) is 2.29. The van der Waals surface area contributed by atoms with Crippen molar-refractivity contribution in [2.75, 3.05) is 0 Å². The Hall–Kier alpha value is -2.54. The first-order chi connectivity index (χ1) is 10.1. The average molecular weight is 345 g/mol. The first-order valence-corrected chi connectivity index (χ1v) is 6.86. The van der Waals surface area contributed by atoms with Crippen LogP contribution in [0.5, 0.6) is 0 Å². The van der Waals surface area contributed by atoms with E-state index in [4.69, 9.17) is 0 Å². The Morgan fingerprint density at radius 3 is 2.52 bits per heavy atom. The molecule has 3 rings (SSSR count). The second-order valence-corrected chi connectivity index (χ2v) is 5.24. The lowest BCUT2D eigenvalue weighted by atomic mass is 10.2. The number of aromatic nitrogens is 3. The number of halogens is 1. The summed E-state index contributed by atoms with van der Waals surface area (Å²) in [5, 5.41) is 17.6. The van der Waals surface area contributed by atoms with Crippen LogP contribution in [0.15, 0.2) is 53.0 Å². The summed E-state index contributed by atoms with van der Waals surface area (Å²) in [4.78, 5) is 14.6. The molecule has 0 spiro atoms. The maximum absolute atomic E-state index is 10.6. The summed E-state index contributed by atoms with van der Waals surface area (Å²) in [5.41, 5.74) is 1.67. The Kier molecular flexibility index (Phi) is 3.49. The molecule has 0 radical (unpaired) electrons. The van der Waals surface area contributed by atoms with Gasteiger partial charge in [-0.05, 0) is 24.3 Å². The highest BCUT2D eigenvalue weighted by atomic mass is 79.9. The lowest BCUT2D eigenvalue weighted by Crippen LogP contribution is -1.87. The molecule has 2 aromatic carbocycles. The minimum atomic E-state index is -0.433. The van der Waals surface area contributed by atoms with Crippen molar-refractivity contribution in [2.24, 2.45) is 0 Å². The van der Waals surface area contributed by atoms with E-state index in [9.17, 15) is 10.1 Å². The van der Waals surface area contributed by atoms with E-state index >= 15 is 0 Å². The van der Waals surface area contributed by atoms with Crippen molar-refractivity contribution in [3.05, 3.63) is 63.1 Å². The summed E-state index contributed by atoms with van der Waals surface area (Å²) in [6.07, 6.45) is 0. The van der Waals surface area contributed by atoms with Crippen molar-refractivity contribution in [2.45, 2.75) is 0 Å². The number of aromatic amines is 1. The van der Waals surface area contributed by atoms with Gasteiger partial charge in [0.25, 0.3) is 5.69 Å². The number of nitrogens with one attached hydrogen (secondary N) is 1. The molecule has 0 bridgehead atoms. The maximum atomic E-state index is 10.6. The van der Waals surface area contributed by atoms with Crippen LogP contribution >= 0.6 is 15.9 Å². The Labute approximate surface area is 128 Å². The molecule has 0 aliphatic heterocycles. The molecule has 21 heavy (non-hydrogen) atoms. The van der Waals surface area contributed by atoms with Gasteiger partial charge in [0.1, 0.15) is 0 Å². The van der Waals surface area contributed by atoms with E-state index in [1.165, 1.54) is 12.1 Å². The topological polar surface area (TPSA) is 84.7 Å². The largest absolute Gasteiger partial charge is 0.269 e. The van der Waals surface area contributed by atoms with Crippen molar-refractivity contribution < 1.29 is 4.92 Å². The molecule has 6 nitrogen and oxygen atoms in total. The van der Waals surface area contributed by atoms with Crippen LogP contribution < -0.4 is 0 Å². The highest BCUT2D eigenvalue weighted by molar-refractivity contribution is 9.10. The number of hydrogen-bond acceptors (Lipinski definition) is 4. The summed E-state index contributed by atoms with van der Waals surface area (Å²) in [6.45, 7) is 0. The Bertz CT molecular complexity index is 799. The van der Waals surface area contributed by atoms with E-state index in [0.717, 1.165) is 15.6 Å². The molecule has 0 aliphatic carbocycles. The van der Waals surface area contributed by atoms with Crippen molar-refractivity contribution in [1.29, 1.82) is 0 Å². The Balaban J connectivity index is 1.93. The first-order valence-electron chi connectivity index (χ1n) is 6.06. The van der Waals surface area contributed by atoms with E-state index in [1.54, 1.807) is 12.1 Å². The number of non-ortho nitro benzene ring substituents is 1. The molecule has 104 valence electrons. The molecule has 1 aromatic heterocycles. The SMILES string of the molecule is O=[N+]([O-])c1ccc(-c2nc(-c3cccc(Br)c3)n[nH]2)cc1. The molecule has 1 N–H and O–H groups in total. The monoisotopic (exact) mass is 344 g/mol. The van der Waals surface area contributed by atoms with E-state index < -0.39 is 4.92 Å². The Morgan fingerprint density at radius 2 is 1.86 bits per heavy atom. The van der Waals surface area contributed by atoms with Gasteiger partial charge in [0.15, 0.2) is 11.6 Å². The van der Waals surface area contributed by atoms with Gasteiger partial charge in [0.2, 0.25) is 0 Å². The third-order valence-electron chi connectivity index (χ3n) is 2.92. The molecule has 3 aromatic rings. The van der Waals surface area contributed by atoms with Gasteiger partial charge in [-0.15, -0.1) is 0 Å². The van der Waals surface area contributed by atoms with Gasteiger partial charge in [-0.3, -0.25) is 15.2 Å². The Morgan fingerprint density at radius 1 is 1.10 bits per heavy atom. The second kappa shape index (κ2) is 5.45. The van der Waals surface area contributed by atoms with Gasteiger partial charge in [-0.2, -0.15) is 5.10 Å². The molecule has 0 unspecified atom stereocenters. The van der Waals surface area contributed by atoms with Crippen LogP contribution in [0.25, 0.3) is 22.8 Å². The fraction of sp³-hybridized carbons (Fsp3) is 0. The van der Waals surface area contributed by atoms with Crippen molar-refractivity contribution >= 4 is 21.6 Å². The summed E-state index contributed by atoms with van der Waals surface area (Å²) in [7, 11) is 0. The van der Waals surface area contributed by atoms with E-state index in [1.807, 2.05) is 24.3 Å². The number of nitro benzene ring substituents is 1. The van der Waals surface area contributed by atoms with Crippen LogP contribution in [0.3, 0.4) is 0 Å². The number of nitrogens with zero attached hydrogens (tertiary/aromatic N) is 3. The molecule has 0 fully saturated rings. The molecule has 0 amide bonds. The lowest BCUT2D eigenvalue weighted by Gasteiger charge is -1.96. The summed E-state index contributed by atoms with van der Waals surface area (Å²) >= 11 is 3.40. The standard InChI is InChI=1S/C14H9BrN4O2/c15-11-3-1-2-10(8-11)14-16-13(17-18-14)9-4-6-12(7-5-9)19(20)21/h1-8H,(H,16,17,18). The predicted molar refractivity (Wildman–Crippen MR) is 81.6 cm³/mol. The zero-order chi connectivity index (χ0) is 14.8. The van der Waals surface area contributed by atoms with Crippen molar-refractivity contribution in [1.82, 2.24) is 15.2 Å². The van der Waals surface area contributed by atoms with Crippen LogP contribution in [0.4, 0.5) is 5.69 Å². The third-order valence-corrected chi connectivity index (χ3v) is 3.41. The smallest absolute Gasteiger partial charge is 0.259 e. The summed E-state index contributed by atoms with van der Waals surface area (Å²) < 4.78 is 0.946. The molecule has 1 heterocycles. The number of H-pyrrole nitrogens is 1. The quantitative estimate of drug-likeness (QED) is 0.578. The normalized spacial score (nSPS) is 10.5. The van der Waals surface area contributed by atoms with Crippen molar-refractivity contribution in [3.63, 3.8) is 0 Å². The molecule has 0 saturated heterocycles. The van der Waals surface area contributed by atoms with Gasteiger partial charge in [0.05, 0.1) is 4.92 Å². The third kappa shape index (κ3) is 2.82. The number of rotatable bonds is 3. The zero-order valence-corrected chi connectivity index (χ0v) is 12.2. The van der Waals surface area contributed by atoms with Crippen LogP contribution in [0.1, 0.15) is 0 Å². The van der Waals surface area contributed by atoms with E-state index in [-0.39, 0.29) is 5.69 Å². The highest BCUT2D eigenvalue weighted by Gasteiger charge is 2.10. The van der Waals surface area contributed by atoms with E-state index in [0.29, 0.717) is 11.6 Å². The van der Waals surface area contributed by atoms with Gasteiger partial charge in [-0.25, -0.2) is 4.98 Å². The first kappa shape index (κ1) is 13.4. The predicted octanol–water partition coefficient (Wildman–Crippen LogP) is 3.81. The highest BCUT2D eigenvalue weighted by Crippen LogP contribution is 2.23. The van der Waals surface area contributed by atoms with Gasteiger partial charge < -0.3 is 0 Å². The maximum Gasteiger partial charge on any atom is 0.269 e. The number of benzene rings is 2. The second-order valence-electron chi connectivity index (χ2n) is 4.32. The average Bonchev–Trinajstić information content (AvgIpc) is 2.97. The fourth-order valence-electron chi connectivity index (χ4n) is 1.89. The van der Waals surface area contributed by atoms with Crippen LogP contribution in [0.2, 0.25) is 0 Å². The zero-order valence-electron chi connectivity index (χ0n) is 10.7. The van der Waals surface area contributed by atoms with Crippen LogP contribution in [-0.2, 0) is 0 Å². The van der Waals surface area contributed by atoms with Crippen LogP contribution in [-0.4, -0.2) is 20.1 Å². The van der Waals surface area contributed by atoms with Gasteiger partial charge in [0, 0.05) is 27.7 Å². The minimum absolute atomic E-state index is 0.0467. The van der Waals surface area contributed by atoms with Crippen molar-refractivity contribution in [3.8, 4) is 22.8 Å². The number of hydrogen-bond donors (Lipinski definition) is 1. The van der Waals surface area contributed by atoms with E-state index in [2.05, 4.69) is 31.1 Å². The molecule has 7 heteroatoms.